The van der Waals surface area contributed by atoms with E-state index in [2.05, 4.69) is 11.8 Å². The first kappa shape index (κ1) is 12.6. The van der Waals surface area contributed by atoms with Crippen LogP contribution in [0.1, 0.15) is 28.8 Å². The van der Waals surface area contributed by atoms with Crippen LogP contribution in [-0.2, 0) is 0 Å². The summed E-state index contributed by atoms with van der Waals surface area (Å²) < 4.78 is 13.8. The van der Waals surface area contributed by atoms with Crippen LogP contribution in [0.5, 0.6) is 0 Å². The molecule has 1 fully saturated rings. The van der Waals surface area contributed by atoms with Gasteiger partial charge in [0.25, 0.3) is 5.91 Å². The fraction of sp³-hybridized carbons (Fsp3) is 0.357. The van der Waals surface area contributed by atoms with Crippen molar-refractivity contribution in [2.75, 3.05) is 19.7 Å². The lowest BCUT2D eigenvalue weighted by molar-refractivity contribution is 0.0788. The van der Waals surface area contributed by atoms with Gasteiger partial charge < -0.3 is 10.0 Å². The van der Waals surface area contributed by atoms with Gasteiger partial charge in [0.2, 0.25) is 0 Å². The molecular weight excluding hydrogens is 233 g/mol. The van der Waals surface area contributed by atoms with E-state index in [0.717, 1.165) is 12.8 Å². The molecule has 0 radical (unpaired) electrons. The van der Waals surface area contributed by atoms with Crippen LogP contribution in [0, 0.1) is 17.7 Å². The maximum Gasteiger partial charge on any atom is 0.256 e. The lowest BCUT2D eigenvalue weighted by atomic mass is 10.1. The number of aliphatic hydroxyl groups is 1. The molecule has 1 saturated heterocycles. The Morgan fingerprint density at radius 2 is 2.11 bits per heavy atom. The molecular formula is C14H14FNO2. The Morgan fingerprint density at radius 3 is 2.72 bits per heavy atom. The van der Waals surface area contributed by atoms with E-state index in [-0.39, 0.29) is 18.1 Å². The van der Waals surface area contributed by atoms with E-state index in [1.165, 1.54) is 12.1 Å². The highest BCUT2D eigenvalue weighted by molar-refractivity contribution is 5.94. The Labute approximate surface area is 105 Å². The first-order valence-corrected chi connectivity index (χ1v) is 5.91. The van der Waals surface area contributed by atoms with Gasteiger partial charge in [0.05, 0.1) is 5.56 Å². The molecule has 0 aliphatic carbocycles. The number of hydrogen-bond donors (Lipinski definition) is 1. The summed E-state index contributed by atoms with van der Waals surface area (Å²) in [5, 5.41) is 8.56. The summed E-state index contributed by atoms with van der Waals surface area (Å²) in [5.74, 6) is 4.23. The second-order valence-electron chi connectivity index (χ2n) is 4.15. The number of amides is 1. The molecule has 1 amide bonds. The van der Waals surface area contributed by atoms with Crippen molar-refractivity contribution in [3.8, 4) is 11.8 Å². The SMILES string of the molecule is O=C(c1ccc(C#CCO)cc1F)N1CCCC1. The minimum absolute atomic E-state index is 0.0893. The molecule has 4 heteroatoms. The molecule has 18 heavy (non-hydrogen) atoms. The monoisotopic (exact) mass is 247 g/mol. The lowest BCUT2D eigenvalue weighted by Gasteiger charge is -2.15. The van der Waals surface area contributed by atoms with Gasteiger partial charge in [0.1, 0.15) is 12.4 Å². The quantitative estimate of drug-likeness (QED) is 0.762. The van der Waals surface area contributed by atoms with Gasteiger partial charge in [-0.2, -0.15) is 0 Å². The molecule has 1 aliphatic rings. The molecule has 0 bridgehead atoms. The highest BCUT2D eigenvalue weighted by atomic mass is 19.1. The number of hydrogen-bond acceptors (Lipinski definition) is 2. The van der Waals surface area contributed by atoms with E-state index in [0.29, 0.717) is 18.7 Å². The summed E-state index contributed by atoms with van der Waals surface area (Å²) in [6.45, 7) is 1.13. The van der Waals surface area contributed by atoms with E-state index in [4.69, 9.17) is 5.11 Å². The Kier molecular flexibility index (Phi) is 3.96. The van der Waals surface area contributed by atoms with Gasteiger partial charge in [-0.1, -0.05) is 11.8 Å². The van der Waals surface area contributed by atoms with Crippen molar-refractivity contribution in [3.05, 3.63) is 35.1 Å². The zero-order valence-electron chi connectivity index (χ0n) is 9.95. The number of likely N-dealkylation sites (tertiary alicyclic amines) is 1. The molecule has 94 valence electrons. The molecule has 0 saturated carbocycles. The van der Waals surface area contributed by atoms with Crippen LogP contribution in [0.25, 0.3) is 0 Å². The van der Waals surface area contributed by atoms with Crippen molar-refractivity contribution in [2.45, 2.75) is 12.8 Å². The zero-order chi connectivity index (χ0) is 13.0. The predicted molar refractivity (Wildman–Crippen MR) is 65.5 cm³/mol. The first-order chi connectivity index (χ1) is 8.72. The molecule has 1 aromatic rings. The first-order valence-electron chi connectivity index (χ1n) is 5.91. The number of halogens is 1. The minimum atomic E-state index is -0.559. The summed E-state index contributed by atoms with van der Waals surface area (Å²) in [5.41, 5.74) is 0.547. The molecule has 0 spiro atoms. The number of carbonyl (C=O) groups excluding carboxylic acids is 1. The second kappa shape index (κ2) is 5.65. The average Bonchev–Trinajstić information content (AvgIpc) is 2.89. The van der Waals surface area contributed by atoms with Crippen molar-refractivity contribution in [1.82, 2.24) is 4.90 Å². The summed E-state index contributed by atoms with van der Waals surface area (Å²) in [4.78, 5) is 13.7. The van der Waals surface area contributed by atoms with Crippen LogP contribution in [-0.4, -0.2) is 35.6 Å². The van der Waals surface area contributed by atoms with Crippen LogP contribution < -0.4 is 0 Å². The molecule has 0 unspecified atom stereocenters. The number of rotatable bonds is 1. The van der Waals surface area contributed by atoms with Crippen LogP contribution in [0.2, 0.25) is 0 Å². The van der Waals surface area contributed by atoms with E-state index >= 15 is 0 Å². The second-order valence-corrected chi connectivity index (χ2v) is 4.15. The van der Waals surface area contributed by atoms with Gasteiger partial charge in [0, 0.05) is 18.7 Å². The molecule has 0 atom stereocenters. The fourth-order valence-corrected chi connectivity index (χ4v) is 2.00. The van der Waals surface area contributed by atoms with Gasteiger partial charge in [-0.15, -0.1) is 0 Å². The van der Waals surface area contributed by atoms with E-state index in [9.17, 15) is 9.18 Å². The number of aliphatic hydroxyl groups excluding tert-OH is 1. The summed E-state index contributed by atoms with van der Waals surface area (Å²) in [7, 11) is 0. The van der Waals surface area contributed by atoms with Crippen LogP contribution in [0.3, 0.4) is 0 Å². The van der Waals surface area contributed by atoms with Gasteiger partial charge in [-0.25, -0.2) is 4.39 Å². The highest BCUT2D eigenvalue weighted by Crippen LogP contribution is 2.16. The molecule has 1 aliphatic heterocycles. The maximum absolute atomic E-state index is 13.8. The zero-order valence-corrected chi connectivity index (χ0v) is 9.95. The third-order valence-corrected chi connectivity index (χ3v) is 2.90. The summed E-state index contributed by atoms with van der Waals surface area (Å²) in [6, 6.07) is 4.28. The highest BCUT2D eigenvalue weighted by Gasteiger charge is 2.21. The standard InChI is InChI=1S/C14H14FNO2/c15-13-10-11(4-3-9-17)5-6-12(13)14(18)16-7-1-2-8-16/h5-6,10,17H,1-2,7-9H2. The van der Waals surface area contributed by atoms with E-state index < -0.39 is 5.82 Å². The normalized spacial score (nSPS) is 14.2. The smallest absolute Gasteiger partial charge is 0.256 e. The number of nitrogens with zero attached hydrogens (tertiary/aromatic N) is 1. The van der Waals surface area contributed by atoms with Crippen molar-refractivity contribution in [3.63, 3.8) is 0 Å². The predicted octanol–water partition coefficient (Wildman–Crippen LogP) is 1.41. The summed E-state index contributed by atoms with van der Waals surface area (Å²) in [6.07, 6.45) is 1.96. The molecule has 1 N–H and O–H groups in total. The fourth-order valence-electron chi connectivity index (χ4n) is 2.00. The van der Waals surface area contributed by atoms with Crippen molar-refractivity contribution in [1.29, 1.82) is 0 Å². The number of benzene rings is 1. The van der Waals surface area contributed by atoms with E-state index in [1.54, 1.807) is 11.0 Å². The topological polar surface area (TPSA) is 40.5 Å². The van der Waals surface area contributed by atoms with E-state index in [1.807, 2.05) is 0 Å². The van der Waals surface area contributed by atoms with Crippen LogP contribution in [0.15, 0.2) is 18.2 Å². The molecule has 1 aromatic carbocycles. The summed E-state index contributed by atoms with van der Waals surface area (Å²) >= 11 is 0. The van der Waals surface area contributed by atoms with Crippen molar-refractivity contribution in [2.24, 2.45) is 0 Å². The van der Waals surface area contributed by atoms with Crippen LogP contribution in [0.4, 0.5) is 4.39 Å². The maximum atomic E-state index is 13.8. The van der Waals surface area contributed by atoms with Gasteiger partial charge in [0.15, 0.2) is 0 Å². The Hall–Kier alpha value is -1.86. The molecule has 3 nitrogen and oxygen atoms in total. The third kappa shape index (κ3) is 2.69. The van der Waals surface area contributed by atoms with Gasteiger partial charge in [-0.05, 0) is 31.0 Å². The average molecular weight is 247 g/mol. The van der Waals surface area contributed by atoms with Crippen LogP contribution >= 0.6 is 0 Å². The molecule has 2 rings (SSSR count). The Balaban J connectivity index is 2.21. The third-order valence-electron chi connectivity index (χ3n) is 2.90. The Bertz CT molecular complexity index is 510. The van der Waals surface area contributed by atoms with Crippen molar-refractivity contribution < 1.29 is 14.3 Å². The largest absolute Gasteiger partial charge is 0.384 e. The Morgan fingerprint density at radius 1 is 1.39 bits per heavy atom. The lowest BCUT2D eigenvalue weighted by Crippen LogP contribution is -2.28. The van der Waals surface area contributed by atoms with Crippen molar-refractivity contribution >= 4 is 5.91 Å². The van der Waals surface area contributed by atoms with Gasteiger partial charge in [-0.3, -0.25) is 4.79 Å². The molecule has 1 heterocycles. The molecule has 0 aromatic heterocycles. The van der Waals surface area contributed by atoms with Gasteiger partial charge >= 0.3 is 0 Å². The minimum Gasteiger partial charge on any atom is -0.384 e. The number of carbonyl (C=O) groups is 1.